The number of rotatable bonds is 2. The van der Waals surface area contributed by atoms with Crippen LogP contribution >= 0.6 is 39.1 Å². The van der Waals surface area contributed by atoms with Crippen LogP contribution in [0.1, 0.15) is 22.1 Å². The normalized spacial score (nSPS) is 12.6. The fraction of sp³-hybridized carbons (Fsp3) is 0.111. The molecule has 3 aromatic carbocycles. The summed E-state index contributed by atoms with van der Waals surface area (Å²) < 4.78 is 0.866. The van der Waals surface area contributed by atoms with Crippen LogP contribution in [0.25, 0.3) is 10.8 Å². The van der Waals surface area contributed by atoms with Gasteiger partial charge in [-0.1, -0.05) is 54.1 Å². The van der Waals surface area contributed by atoms with E-state index in [1.807, 2.05) is 30.3 Å². The van der Waals surface area contributed by atoms with E-state index in [1.54, 1.807) is 0 Å². The van der Waals surface area contributed by atoms with Gasteiger partial charge in [0.25, 0.3) is 0 Å². The average Bonchev–Trinajstić information content (AvgIpc) is 2.49. The zero-order valence-electron chi connectivity index (χ0n) is 11.4. The van der Waals surface area contributed by atoms with Crippen molar-refractivity contribution >= 4 is 49.9 Å². The summed E-state index contributed by atoms with van der Waals surface area (Å²) in [6, 6.07) is 18.4. The van der Waals surface area contributed by atoms with Gasteiger partial charge in [-0.15, -0.1) is 11.6 Å². The maximum atomic E-state index is 6.78. The number of benzene rings is 3. The predicted octanol–water partition coefficient (Wildman–Crippen LogP) is 6.89. The van der Waals surface area contributed by atoms with Crippen LogP contribution in [0.3, 0.4) is 0 Å². The minimum Gasteiger partial charge on any atom is -0.113 e. The van der Waals surface area contributed by atoms with E-state index in [9.17, 15) is 0 Å². The summed E-state index contributed by atoms with van der Waals surface area (Å²) in [5, 5.41) is 2.89. The first-order valence-corrected chi connectivity index (χ1v) is 8.26. The molecule has 1 unspecified atom stereocenters. The Kier molecular flexibility index (Phi) is 4.26. The van der Waals surface area contributed by atoms with Gasteiger partial charge >= 0.3 is 0 Å². The molecule has 0 radical (unpaired) electrons. The van der Waals surface area contributed by atoms with Crippen molar-refractivity contribution in [2.45, 2.75) is 12.3 Å². The monoisotopic (exact) mass is 378 g/mol. The fourth-order valence-electron chi connectivity index (χ4n) is 2.58. The summed E-state index contributed by atoms with van der Waals surface area (Å²) in [6.07, 6.45) is 0. The maximum absolute atomic E-state index is 6.78. The highest BCUT2D eigenvalue weighted by atomic mass is 79.9. The molecule has 3 heteroatoms. The largest absolute Gasteiger partial charge is 0.113 e. The first-order valence-electron chi connectivity index (χ1n) is 6.65. The minimum absolute atomic E-state index is 0.204. The molecule has 0 saturated heterocycles. The second kappa shape index (κ2) is 6.00. The molecule has 0 heterocycles. The highest BCUT2D eigenvalue weighted by Crippen LogP contribution is 2.38. The lowest BCUT2D eigenvalue weighted by atomic mass is 9.94. The molecule has 0 saturated carbocycles. The highest BCUT2D eigenvalue weighted by molar-refractivity contribution is 9.10. The molecule has 0 aliphatic heterocycles. The third-order valence-corrected chi connectivity index (χ3v) is 5.36. The van der Waals surface area contributed by atoms with Crippen molar-refractivity contribution in [1.29, 1.82) is 0 Å². The molecule has 1 atom stereocenters. The van der Waals surface area contributed by atoms with E-state index in [-0.39, 0.29) is 5.38 Å². The van der Waals surface area contributed by atoms with E-state index >= 15 is 0 Å². The maximum Gasteiger partial charge on any atom is 0.0844 e. The first-order chi connectivity index (χ1) is 10.1. The molecule has 0 fully saturated rings. The molecule has 0 aliphatic rings. The molecule has 0 spiro atoms. The lowest BCUT2D eigenvalue weighted by Gasteiger charge is -2.17. The molecule has 0 aromatic heterocycles. The standard InChI is InChI=1S/C18H13BrCl2/c1-11-6-7-12-4-2-3-5-14(12)17(11)18(21)13-8-9-16(20)15(19)10-13/h2-10,18H,1H3. The third kappa shape index (κ3) is 2.83. The first kappa shape index (κ1) is 14.9. The molecule has 0 amide bonds. The number of alkyl halides is 1. The van der Waals surface area contributed by atoms with Crippen LogP contribution in [0.2, 0.25) is 5.02 Å². The van der Waals surface area contributed by atoms with Gasteiger partial charge in [-0.3, -0.25) is 0 Å². The number of hydrogen-bond donors (Lipinski definition) is 0. The van der Waals surface area contributed by atoms with E-state index in [4.69, 9.17) is 23.2 Å². The van der Waals surface area contributed by atoms with Gasteiger partial charge in [0.2, 0.25) is 0 Å². The fourth-order valence-corrected chi connectivity index (χ4v) is 3.52. The molecule has 0 nitrogen and oxygen atoms in total. The van der Waals surface area contributed by atoms with Crippen molar-refractivity contribution in [1.82, 2.24) is 0 Å². The summed E-state index contributed by atoms with van der Waals surface area (Å²) in [7, 11) is 0. The molecular weight excluding hydrogens is 367 g/mol. The van der Waals surface area contributed by atoms with E-state index < -0.39 is 0 Å². The van der Waals surface area contributed by atoms with Gasteiger partial charge in [-0.05, 0) is 62.4 Å². The minimum atomic E-state index is -0.204. The number of fused-ring (bicyclic) bond motifs is 1. The molecule has 3 aromatic rings. The SMILES string of the molecule is Cc1ccc2ccccc2c1C(Cl)c1ccc(Cl)c(Br)c1. The van der Waals surface area contributed by atoms with Crippen molar-refractivity contribution in [2.24, 2.45) is 0 Å². The Morgan fingerprint density at radius 2 is 1.76 bits per heavy atom. The highest BCUT2D eigenvalue weighted by Gasteiger charge is 2.17. The van der Waals surface area contributed by atoms with Crippen LogP contribution in [-0.2, 0) is 0 Å². The smallest absolute Gasteiger partial charge is 0.0844 e. The Balaban J connectivity index is 2.19. The summed E-state index contributed by atoms with van der Waals surface area (Å²) in [6.45, 7) is 2.10. The molecule has 21 heavy (non-hydrogen) atoms. The second-order valence-corrected chi connectivity index (χ2v) is 6.75. The van der Waals surface area contributed by atoms with E-state index in [1.165, 1.54) is 16.3 Å². The average molecular weight is 380 g/mol. The lowest BCUT2D eigenvalue weighted by Crippen LogP contribution is -1.98. The van der Waals surface area contributed by atoms with E-state index in [0.29, 0.717) is 5.02 Å². The van der Waals surface area contributed by atoms with Crippen molar-refractivity contribution in [2.75, 3.05) is 0 Å². The molecular formula is C18H13BrCl2. The Morgan fingerprint density at radius 3 is 2.52 bits per heavy atom. The van der Waals surface area contributed by atoms with Crippen LogP contribution in [0, 0.1) is 6.92 Å². The van der Waals surface area contributed by atoms with Crippen molar-refractivity contribution in [3.63, 3.8) is 0 Å². The summed E-state index contributed by atoms with van der Waals surface area (Å²) in [4.78, 5) is 0. The van der Waals surface area contributed by atoms with Crippen LogP contribution in [0.4, 0.5) is 0 Å². The Morgan fingerprint density at radius 1 is 1.00 bits per heavy atom. The summed E-state index contributed by atoms with van der Waals surface area (Å²) in [5.74, 6) is 0. The van der Waals surface area contributed by atoms with Crippen LogP contribution < -0.4 is 0 Å². The van der Waals surface area contributed by atoms with Crippen LogP contribution in [0.15, 0.2) is 59.1 Å². The molecule has 0 N–H and O–H groups in total. The molecule has 0 aliphatic carbocycles. The van der Waals surface area contributed by atoms with Crippen molar-refractivity contribution in [3.05, 3.63) is 80.8 Å². The van der Waals surface area contributed by atoms with Gasteiger partial charge in [-0.25, -0.2) is 0 Å². The zero-order valence-corrected chi connectivity index (χ0v) is 14.5. The van der Waals surface area contributed by atoms with Crippen LogP contribution in [0.5, 0.6) is 0 Å². The Hall–Kier alpha value is -1.02. The van der Waals surface area contributed by atoms with E-state index in [0.717, 1.165) is 15.6 Å². The van der Waals surface area contributed by atoms with Gasteiger partial charge in [0.1, 0.15) is 0 Å². The number of hydrogen-bond acceptors (Lipinski definition) is 0. The summed E-state index contributed by atoms with van der Waals surface area (Å²) >= 11 is 16.3. The Labute approximate surface area is 142 Å². The van der Waals surface area contributed by atoms with Crippen LogP contribution in [-0.4, -0.2) is 0 Å². The van der Waals surface area contributed by atoms with Gasteiger partial charge in [0, 0.05) is 4.47 Å². The predicted molar refractivity (Wildman–Crippen MR) is 95.5 cm³/mol. The Bertz CT molecular complexity index is 811. The molecule has 106 valence electrons. The number of aryl methyl sites for hydroxylation is 1. The van der Waals surface area contributed by atoms with Gasteiger partial charge in [0.15, 0.2) is 0 Å². The number of halogens is 3. The van der Waals surface area contributed by atoms with Crippen molar-refractivity contribution < 1.29 is 0 Å². The zero-order chi connectivity index (χ0) is 15.0. The topological polar surface area (TPSA) is 0 Å². The van der Waals surface area contributed by atoms with E-state index in [2.05, 4.69) is 47.1 Å². The quantitative estimate of drug-likeness (QED) is 0.425. The third-order valence-electron chi connectivity index (χ3n) is 3.68. The summed E-state index contributed by atoms with van der Waals surface area (Å²) in [5.41, 5.74) is 3.39. The molecule has 3 rings (SSSR count). The van der Waals surface area contributed by atoms with Gasteiger partial charge < -0.3 is 0 Å². The lowest BCUT2D eigenvalue weighted by molar-refractivity contribution is 1.13. The van der Waals surface area contributed by atoms with Gasteiger partial charge in [0.05, 0.1) is 10.4 Å². The molecule has 0 bridgehead atoms. The second-order valence-electron chi connectivity index (χ2n) is 5.05. The van der Waals surface area contributed by atoms with Crippen molar-refractivity contribution in [3.8, 4) is 0 Å². The van der Waals surface area contributed by atoms with Gasteiger partial charge in [-0.2, -0.15) is 0 Å².